The predicted octanol–water partition coefficient (Wildman–Crippen LogP) is 4.48. The summed E-state index contributed by atoms with van der Waals surface area (Å²) in [5, 5.41) is 3.52. The van der Waals surface area contributed by atoms with Crippen LogP contribution in [0.4, 0.5) is 0 Å². The van der Waals surface area contributed by atoms with Gasteiger partial charge in [-0.1, -0.05) is 19.9 Å². The molecule has 1 atom stereocenters. The molecule has 2 rings (SSSR count). The monoisotopic (exact) mass is 446 g/mol. The van der Waals surface area contributed by atoms with Crippen LogP contribution in [0.5, 0.6) is 0 Å². The van der Waals surface area contributed by atoms with Gasteiger partial charge in [-0.3, -0.25) is 4.31 Å². The number of allylic oxidation sites excluding steroid dienone is 2. The minimum Gasteiger partial charge on any atom is -0.372 e. The van der Waals surface area contributed by atoms with Gasteiger partial charge in [0.2, 0.25) is 0 Å². The van der Waals surface area contributed by atoms with Gasteiger partial charge in [-0.05, 0) is 32.3 Å². The quantitative estimate of drug-likeness (QED) is 0.498. The van der Waals surface area contributed by atoms with E-state index in [9.17, 15) is 0 Å². The Kier molecular flexibility index (Phi) is 7.49. The van der Waals surface area contributed by atoms with Crippen molar-refractivity contribution in [1.82, 2.24) is 14.5 Å². The van der Waals surface area contributed by atoms with Crippen molar-refractivity contribution in [3.63, 3.8) is 0 Å². The number of piperazine rings is 1. The highest BCUT2D eigenvalue weighted by Gasteiger charge is 2.29. The standard InChI is InChI=1S/C17H27IN4S/c1-5-7-8-20-17-16(15(6-2)12-22(17)23-18)14(4)21-10-9-19-13(3)11-21/h7-8,12-13,19H,5-6,9-11H2,1-4H3/b8-7+,16-14+,20-17-/t13-/m1/s1. The number of nitrogens with one attached hydrogen (secondary N) is 1. The first-order valence-corrected chi connectivity index (χ1v) is 11.6. The molecule has 2 aliphatic heterocycles. The third-order valence-corrected chi connectivity index (χ3v) is 5.92. The lowest BCUT2D eigenvalue weighted by Crippen LogP contribution is -2.48. The SMILES string of the molecule is CC/C=C/N=C1/C(=C(\C)N2CCN[C@H](C)C2)C(CC)=CN1SI. The molecule has 0 aromatic rings. The Bertz CT molecular complexity index is 539. The number of halogens is 1. The van der Waals surface area contributed by atoms with Crippen molar-refractivity contribution < 1.29 is 0 Å². The van der Waals surface area contributed by atoms with Crippen LogP contribution in [0, 0.1) is 0 Å². The van der Waals surface area contributed by atoms with E-state index in [1.54, 1.807) is 9.12 Å². The summed E-state index contributed by atoms with van der Waals surface area (Å²) in [5.41, 5.74) is 4.04. The number of hydrogen-bond donors (Lipinski definition) is 1. The second-order valence-corrected chi connectivity index (χ2v) is 7.62. The van der Waals surface area contributed by atoms with Crippen LogP contribution in [-0.2, 0) is 0 Å². The van der Waals surface area contributed by atoms with E-state index < -0.39 is 0 Å². The maximum absolute atomic E-state index is 4.76. The summed E-state index contributed by atoms with van der Waals surface area (Å²) in [6, 6.07) is 0.533. The molecule has 0 radical (unpaired) electrons. The molecule has 4 nitrogen and oxygen atoms in total. The Morgan fingerprint density at radius 1 is 1.52 bits per heavy atom. The zero-order valence-corrected chi connectivity index (χ0v) is 17.4. The number of hydrogen-bond acceptors (Lipinski definition) is 4. The topological polar surface area (TPSA) is 30.9 Å². The Hall–Kier alpha value is -0.470. The Morgan fingerprint density at radius 3 is 2.91 bits per heavy atom. The number of amidine groups is 1. The lowest BCUT2D eigenvalue weighted by atomic mass is 10.0. The second-order valence-electron chi connectivity index (χ2n) is 5.91. The summed E-state index contributed by atoms with van der Waals surface area (Å²) in [4.78, 5) is 7.26. The van der Waals surface area contributed by atoms with Gasteiger partial charge in [-0.15, -0.1) is 0 Å². The van der Waals surface area contributed by atoms with Gasteiger partial charge in [0, 0.05) is 79.7 Å². The minimum atomic E-state index is 0.533. The number of aliphatic imine (C=N–C) groups is 1. The summed E-state index contributed by atoms with van der Waals surface area (Å²) in [6.07, 6.45) is 8.32. The van der Waals surface area contributed by atoms with E-state index >= 15 is 0 Å². The summed E-state index contributed by atoms with van der Waals surface area (Å²) in [7, 11) is 1.68. The van der Waals surface area contributed by atoms with Crippen LogP contribution in [0.2, 0.25) is 0 Å². The molecule has 2 heterocycles. The third kappa shape index (κ3) is 4.54. The lowest BCUT2D eigenvalue weighted by molar-refractivity contribution is 0.255. The molecule has 0 bridgehead atoms. The molecule has 0 aromatic carbocycles. The first-order valence-electron chi connectivity index (χ1n) is 8.33. The molecule has 0 aliphatic carbocycles. The Labute approximate surface area is 156 Å². The van der Waals surface area contributed by atoms with Crippen LogP contribution in [0.25, 0.3) is 0 Å². The number of nitrogens with zero attached hydrogens (tertiary/aromatic N) is 3. The van der Waals surface area contributed by atoms with Crippen LogP contribution < -0.4 is 5.32 Å². The van der Waals surface area contributed by atoms with Crippen molar-refractivity contribution >= 4 is 36.2 Å². The zero-order valence-electron chi connectivity index (χ0n) is 14.5. The first-order chi connectivity index (χ1) is 11.1. The average Bonchev–Trinajstić information content (AvgIpc) is 2.92. The predicted molar refractivity (Wildman–Crippen MR) is 110 cm³/mol. The van der Waals surface area contributed by atoms with E-state index in [2.05, 4.69) is 75.7 Å². The molecular formula is C17H27IN4S. The maximum atomic E-state index is 4.76. The lowest BCUT2D eigenvalue weighted by Gasteiger charge is -2.35. The van der Waals surface area contributed by atoms with Gasteiger partial charge in [0.25, 0.3) is 0 Å². The fourth-order valence-electron chi connectivity index (χ4n) is 2.98. The normalized spacial score (nSPS) is 26.4. The van der Waals surface area contributed by atoms with E-state index in [0.29, 0.717) is 6.04 Å². The summed E-state index contributed by atoms with van der Waals surface area (Å²) in [5.74, 6) is 1.06. The molecule has 0 unspecified atom stereocenters. The van der Waals surface area contributed by atoms with E-state index in [1.165, 1.54) is 16.8 Å². The van der Waals surface area contributed by atoms with Crippen molar-refractivity contribution in [3.05, 3.63) is 35.3 Å². The van der Waals surface area contributed by atoms with Gasteiger partial charge in [0.05, 0.1) is 0 Å². The van der Waals surface area contributed by atoms with Crippen LogP contribution in [-0.4, -0.2) is 40.7 Å². The van der Waals surface area contributed by atoms with Gasteiger partial charge in [0.15, 0.2) is 5.84 Å². The molecule has 0 saturated carbocycles. The van der Waals surface area contributed by atoms with E-state index in [1.807, 2.05) is 6.20 Å². The molecule has 0 amide bonds. The van der Waals surface area contributed by atoms with E-state index in [4.69, 9.17) is 4.99 Å². The summed E-state index contributed by atoms with van der Waals surface area (Å²) < 4.78 is 2.18. The van der Waals surface area contributed by atoms with Crippen molar-refractivity contribution in [3.8, 4) is 0 Å². The molecule has 1 fully saturated rings. The summed E-state index contributed by atoms with van der Waals surface area (Å²) in [6.45, 7) is 12.0. The highest BCUT2D eigenvalue weighted by Crippen LogP contribution is 2.36. The van der Waals surface area contributed by atoms with Crippen LogP contribution in [0.15, 0.2) is 40.3 Å². The molecule has 128 valence electrons. The molecule has 6 heteroatoms. The van der Waals surface area contributed by atoms with Gasteiger partial charge in [0.1, 0.15) is 0 Å². The highest BCUT2D eigenvalue weighted by atomic mass is 127. The Balaban J connectivity index is 2.40. The second kappa shape index (κ2) is 9.13. The van der Waals surface area contributed by atoms with Crippen LogP contribution in [0.1, 0.15) is 40.5 Å². The smallest absolute Gasteiger partial charge is 0.152 e. The van der Waals surface area contributed by atoms with Crippen LogP contribution >= 0.6 is 30.3 Å². The molecule has 1 N–H and O–H groups in total. The van der Waals surface area contributed by atoms with Gasteiger partial charge >= 0.3 is 0 Å². The fourth-order valence-corrected chi connectivity index (χ4v) is 4.25. The molecule has 0 aromatic heterocycles. The Morgan fingerprint density at radius 2 is 2.30 bits per heavy atom. The molecule has 2 aliphatic rings. The van der Waals surface area contributed by atoms with E-state index in [0.717, 1.165) is 38.3 Å². The molecule has 0 spiro atoms. The minimum absolute atomic E-state index is 0.533. The maximum Gasteiger partial charge on any atom is 0.152 e. The third-order valence-electron chi connectivity index (χ3n) is 4.22. The van der Waals surface area contributed by atoms with Crippen molar-refractivity contribution in [2.75, 3.05) is 19.6 Å². The zero-order chi connectivity index (χ0) is 16.8. The molecular weight excluding hydrogens is 419 g/mol. The van der Waals surface area contributed by atoms with Crippen LogP contribution in [0.3, 0.4) is 0 Å². The van der Waals surface area contributed by atoms with Gasteiger partial charge < -0.3 is 10.2 Å². The summed E-state index contributed by atoms with van der Waals surface area (Å²) >= 11 is 2.33. The van der Waals surface area contributed by atoms with Crippen molar-refractivity contribution in [2.45, 2.75) is 46.6 Å². The first kappa shape index (κ1) is 18.9. The largest absolute Gasteiger partial charge is 0.372 e. The molecule has 1 saturated heterocycles. The van der Waals surface area contributed by atoms with Crippen molar-refractivity contribution in [2.24, 2.45) is 4.99 Å². The fraction of sp³-hybridized carbons (Fsp3) is 0.588. The molecule has 23 heavy (non-hydrogen) atoms. The van der Waals surface area contributed by atoms with E-state index in [-0.39, 0.29) is 0 Å². The van der Waals surface area contributed by atoms with Crippen molar-refractivity contribution in [1.29, 1.82) is 0 Å². The average molecular weight is 446 g/mol. The highest BCUT2D eigenvalue weighted by molar-refractivity contribution is 14.2. The number of rotatable bonds is 5. The van der Waals surface area contributed by atoms with Gasteiger partial charge in [-0.2, -0.15) is 0 Å². The van der Waals surface area contributed by atoms with Gasteiger partial charge in [-0.25, -0.2) is 4.99 Å².